The molecule has 10 heteroatoms. The molecule has 3 heterocycles. The van der Waals surface area contributed by atoms with Gasteiger partial charge in [0.05, 0.1) is 17.8 Å². The highest BCUT2D eigenvalue weighted by molar-refractivity contribution is 5.86. The fraction of sp³-hybridized carbons (Fsp3) is 0.469. The largest absolute Gasteiger partial charge is 0.489 e. The van der Waals surface area contributed by atoms with Crippen LogP contribution in [-0.2, 0) is 9.53 Å². The normalized spacial score (nSPS) is 15.8. The molecule has 3 aromatic rings. The van der Waals surface area contributed by atoms with Crippen molar-refractivity contribution < 1.29 is 28.2 Å². The number of anilines is 2. The van der Waals surface area contributed by atoms with E-state index >= 15 is 0 Å². The van der Waals surface area contributed by atoms with Crippen molar-refractivity contribution in [2.45, 2.75) is 66.1 Å². The van der Waals surface area contributed by atoms with Gasteiger partial charge in [0.15, 0.2) is 17.7 Å². The molecule has 1 fully saturated rings. The van der Waals surface area contributed by atoms with E-state index in [1.165, 1.54) is 6.07 Å². The average molecular weight is 583 g/mol. The molecule has 1 aliphatic heterocycles. The van der Waals surface area contributed by atoms with Crippen LogP contribution in [0.5, 0.6) is 5.75 Å². The molecule has 0 saturated carbocycles. The van der Waals surface area contributed by atoms with Gasteiger partial charge in [-0.05, 0) is 70.2 Å². The lowest BCUT2D eigenvalue weighted by molar-refractivity contribution is -0.160. The third-order valence-electron chi connectivity index (χ3n) is 7.31. The Labute approximate surface area is 246 Å². The van der Waals surface area contributed by atoms with Crippen LogP contribution in [0.4, 0.5) is 20.3 Å². The summed E-state index contributed by atoms with van der Waals surface area (Å²) in [5.74, 6) is -1.91. The number of halogens is 2. The van der Waals surface area contributed by atoms with Gasteiger partial charge in [0.1, 0.15) is 18.2 Å². The zero-order chi connectivity index (χ0) is 30.7. The molecule has 2 N–H and O–H groups in total. The number of aryl methyl sites for hydroxylation is 1. The number of aliphatic carboxylic acids is 1. The third kappa shape index (κ3) is 7.73. The van der Waals surface area contributed by atoms with Crippen LogP contribution in [0.2, 0.25) is 0 Å². The van der Waals surface area contributed by atoms with Crippen LogP contribution < -0.4 is 15.0 Å². The van der Waals surface area contributed by atoms with Crippen molar-refractivity contribution in [2.24, 2.45) is 5.41 Å². The predicted octanol–water partition coefficient (Wildman–Crippen LogP) is 6.79. The summed E-state index contributed by atoms with van der Waals surface area (Å²) in [6, 6.07) is 6.90. The summed E-state index contributed by atoms with van der Waals surface area (Å²) >= 11 is 0. The fourth-order valence-corrected chi connectivity index (χ4v) is 4.99. The molecule has 8 nitrogen and oxygen atoms in total. The zero-order valence-corrected chi connectivity index (χ0v) is 25.1. The third-order valence-corrected chi connectivity index (χ3v) is 7.31. The van der Waals surface area contributed by atoms with Gasteiger partial charge in [-0.3, -0.25) is 4.98 Å². The maximum atomic E-state index is 13.8. The molecule has 4 rings (SSSR count). The maximum absolute atomic E-state index is 13.8. The quantitative estimate of drug-likeness (QED) is 0.252. The number of benzene rings is 1. The molecule has 0 amide bonds. The Morgan fingerprint density at radius 2 is 1.83 bits per heavy atom. The molecular formula is C32H40F2N4O4. The Balaban J connectivity index is 1.61. The Morgan fingerprint density at radius 3 is 2.43 bits per heavy atom. The molecule has 1 aliphatic rings. The van der Waals surface area contributed by atoms with E-state index < -0.39 is 29.3 Å². The first-order chi connectivity index (χ1) is 19.7. The Kier molecular flexibility index (Phi) is 9.35. The summed E-state index contributed by atoms with van der Waals surface area (Å²) in [5.41, 5.74) is 3.07. The van der Waals surface area contributed by atoms with Crippen molar-refractivity contribution in [3.05, 3.63) is 65.6 Å². The van der Waals surface area contributed by atoms with Gasteiger partial charge in [-0.25, -0.2) is 18.6 Å². The van der Waals surface area contributed by atoms with Crippen LogP contribution in [-0.4, -0.2) is 52.9 Å². The van der Waals surface area contributed by atoms with E-state index in [0.717, 1.165) is 54.9 Å². The molecular weight excluding hydrogens is 542 g/mol. The molecule has 1 atom stereocenters. The number of rotatable bonds is 10. The van der Waals surface area contributed by atoms with Crippen molar-refractivity contribution >= 4 is 17.5 Å². The molecule has 0 unspecified atom stereocenters. The molecule has 0 spiro atoms. The van der Waals surface area contributed by atoms with Crippen molar-refractivity contribution in [1.82, 2.24) is 9.97 Å². The van der Waals surface area contributed by atoms with Crippen LogP contribution in [0, 0.1) is 24.0 Å². The highest BCUT2D eigenvalue weighted by Gasteiger charge is 2.35. The highest BCUT2D eigenvalue weighted by atomic mass is 19.1. The minimum Gasteiger partial charge on any atom is -0.489 e. The SMILES string of the molecule is Cc1ncc(-c2ccc(NCCOc3ccc(F)cc3F)nc2)c(N2CCC(C)(C)CC2)c1[C@H](OC(C)(C)C)C(=O)O. The lowest BCUT2D eigenvalue weighted by atomic mass is 9.82. The number of carboxylic acid groups (broad SMARTS) is 1. The number of ether oxygens (including phenoxy) is 2. The van der Waals surface area contributed by atoms with E-state index in [4.69, 9.17) is 9.47 Å². The van der Waals surface area contributed by atoms with Gasteiger partial charge >= 0.3 is 5.97 Å². The van der Waals surface area contributed by atoms with E-state index in [1.807, 2.05) is 39.8 Å². The van der Waals surface area contributed by atoms with Gasteiger partial charge in [-0.1, -0.05) is 13.8 Å². The van der Waals surface area contributed by atoms with Crippen molar-refractivity contribution in [3.8, 4) is 16.9 Å². The Hall–Kier alpha value is -3.79. The molecule has 1 saturated heterocycles. The summed E-state index contributed by atoms with van der Waals surface area (Å²) < 4.78 is 38.4. The summed E-state index contributed by atoms with van der Waals surface area (Å²) in [7, 11) is 0. The van der Waals surface area contributed by atoms with Gasteiger partial charge < -0.3 is 24.8 Å². The minimum atomic E-state index is -1.19. The van der Waals surface area contributed by atoms with Gasteiger partial charge in [-0.2, -0.15) is 0 Å². The Bertz CT molecular complexity index is 1400. The van der Waals surface area contributed by atoms with Crippen LogP contribution in [0.3, 0.4) is 0 Å². The average Bonchev–Trinajstić information content (AvgIpc) is 2.91. The molecule has 1 aromatic carbocycles. The van der Waals surface area contributed by atoms with Crippen molar-refractivity contribution in [1.29, 1.82) is 0 Å². The second-order valence-electron chi connectivity index (χ2n) is 12.4. The summed E-state index contributed by atoms with van der Waals surface area (Å²) in [6.45, 7) is 13.9. The highest BCUT2D eigenvalue weighted by Crippen LogP contribution is 2.43. The number of piperidine rings is 1. The predicted molar refractivity (Wildman–Crippen MR) is 159 cm³/mol. The number of nitrogens with one attached hydrogen (secondary N) is 1. The van der Waals surface area contributed by atoms with E-state index in [1.54, 1.807) is 12.4 Å². The van der Waals surface area contributed by atoms with Gasteiger partial charge in [0.2, 0.25) is 0 Å². The monoisotopic (exact) mass is 582 g/mol. The second-order valence-corrected chi connectivity index (χ2v) is 12.4. The van der Waals surface area contributed by atoms with E-state index in [9.17, 15) is 18.7 Å². The topological polar surface area (TPSA) is 96.8 Å². The molecule has 226 valence electrons. The van der Waals surface area contributed by atoms with Crippen LogP contribution in [0.25, 0.3) is 11.1 Å². The second kappa shape index (κ2) is 12.6. The number of hydrogen-bond donors (Lipinski definition) is 2. The molecule has 0 aliphatic carbocycles. The van der Waals surface area contributed by atoms with Crippen molar-refractivity contribution in [3.63, 3.8) is 0 Å². The van der Waals surface area contributed by atoms with Crippen LogP contribution in [0.15, 0.2) is 42.7 Å². The Morgan fingerprint density at radius 1 is 1.12 bits per heavy atom. The van der Waals surface area contributed by atoms with E-state index in [2.05, 4.69) is 34.0 Å². The number of hydrogen-bond acceptors (Lipinski definition) is 7. The lowest BCUT2D eigenvalue weighted by Crippen LogP contribution is -2.39. The first-order valence-corrected chi connectivity index (χ1v) is 14.2. The van der Waals surface area contributed by atoms with E-state index in [0.29, 0.717) is 23.6 Å². The van der Waals surface area contributed by atoms with Crippen LogP contribution in [0.1, 0.15) is 64.8 Å². The maximum Gasteiger partial charge on any atom is 0.337 e. The van der Waals surface area contributed by atoms with Crippen molar-refractivity contribution in [2.75, 3.05) is 36.5 Å². The summed E-state index contributed by atoms with van der Waals surface area (Å²) in [5, 5.41) is 13.4. The van der Waals surface area contributed by atoms with Crippen LogP contribution >= 0.6 is 0 Å². The number of carboxylic acids is 1. The van der Waals surface area contributed by atoms with Gasteiger partial charge in [0, 0.05) is 53.9 Å². The summed E-state index contributed by atoms with van der Waals surface area (Å²) in [6.07, 6.45) is 4.24. The molecule has 42 heavy (non-hydrogen) atoms. The fourth-order valence-electron chi connectivity index (χ4n) is 4.99. The first kappa shape index (κ1) is 31.2. The standard InChI is InChI=1S/C32H40F2N4O4/c1-20-27(29(30(39)40)42-31(2,3)4)28(38-14-11-32(5,6)12-15-38)23(19-36-20)21-7-10-26(37-18-21)35-13-16-41-25-9-8-22(33)17-24(25)34/h7-10,17-19,29H,11-16H2,1-6H3,(H,35,37)(H,39,40)/t29-/m0/s1. The molecule has 2 aromatic heterocycles. The van der Waals surface area contributed by atoms with Gasteiger partial charge in [-0.15, -0.1) is 0 Å². The summed E-state index contributed by atoms with van der Waals surface area (Å²) in [4.78, 5) is 24.0. The molecule has 0 radical (unpaired) electrons. The molecule has 0 bridgehead atoms. The van der Waals surface area contributed by atoms with E-state index in [-0.39, 0.29) is 17.8 Å². The zero-order valence-electron chi connectivity index (χ0n) is 25.1. The number of aromatic nitrogens is 2. The lowest BCUT2D eigenvalue weighted by Gasteiger charge is -2.40. The number of nitrogens with zero attached hydrogens (tertiary/aromatic N) is 3. The smallest absolute Gasteiger partial charge is 0.337 e. The minimum absolute atomic E-state index is 0.0204. The number of carbonyl (C=O) groups is 1. The number of pyridine rings is 2. The first-order valence-electron chi connectivity index (χ1n) is 14.2. The van der Waals surface area contributed by atoms with Gasteiger partial charge in [0.25, 0.3) is 0 Å².